The van der Waals surface area contributed by atoms with Gasteiger partial charge in [0.05, 0.1) is 0 Å². The monoisotopic (exact) mass is 260 g/mol. The van der Waals surface area contributed by atoms with Crippen LogP contribution in [0.5, 0.6) is 0 Å². The topological polar surface area (TPSA) is 25.8 Å². The summed E-state index contributed by atoms with van der Waals surface area (Å²) in [6, 6.07) is 0. The summed E-state index contributed by atoms with van der Waals surface area (Å²) in [6.45, 7) is 6.40. The summed E-state index contributed by atoms with van der Waals surface area (Å²) in [5.74, 6) is 1.95. The molecule has 0 saturated carbocycles. The summed E-state index contributed by atoms with van der Waals surface area (Å²) in [5, 5.41) is 0. The number of nitrogens with zero attached hydrogens (tertiary/aromatic N) is 2. The standard InChI is InChI=1S/C15H20N2S/c1-15(2,3)14-16-9-13(10-17-14)18-11-12-7-5-4-6-8-12/h4-5,7,9-10H,6,8,11H2,1-3H3. The van der Waals surface area contributed by atoms with E-state index in [-0.39, 0.29) is 5.41 Å². The van der Waals surface area contributed by atoms with E-state index in [4.69, 9.17) is 0 Å². The van der Waals surface area contributed by atoms with Gasteiger partial charge in [0, 0.05) is 28.5 Å². The molecule has 0 amide bonds. The Labute approximate surface area is 114 Å². The number of hydrogen-bond acceptors (Lipinski definition) is 3. The fraction of sp³-hybridized carbons (Fsp3) is 0.467. The Balaban J connectivity index is 1.94. The Bertz CT molecular complexity index is 452. The largest absolute Gasteiger partial charge is 0.240 e. The van der Waals surface area contributed by atoms with E-state index in [0.717, 1.165) is 16.5 Å². The molecule has 2 rings (SSSR count). The molecule has 1 aromatic heterocycles. The summed E-state index contributed by atoms with van der Waals surface area (Å²) in [4.78, 5) is 10.0. The number of thioether (sulfide) groups is 1. The molecule has 0 aromatic carbocycles. The predicted octanol–water partition coefficient (Wildman–Crippen LogP) is 4.14. The van der Waals surface area contributed by atoms with Crippen LogP contribution in [0.2, 0.25) is 0 Å². The molecular weight excluding hydrogens is 240 g/mol. The number of allylic oxidation sites excluding steroid dienone is 3. The molecule has 0 fully saturated rings. The highest BCUT2D eigenvalue weighted by molar-refractivity contribution is 7.99. The molecule has 0 N–H and O–H groups in total. The van der Waals surface area contributed by atoms with Crippen molar-refractivity contribution in [2.45, 2.75) is 43.9 Å². The van der Waals surface area contributed by atoms with E-state index in [0.29, 0.717) is 0 Å². The summed E-state index contributed by atoms with van der Waals surface area (Å²) in [7, 11) is 0. The molecule has 18 heavy (non-hydrogen) atoms. The van der Waals surface area contributed by atoms with Crippen LogP contribution in [0.15, 0.2) is 41.1 Å². The van der Waals surface area contributed by atoms with Crippen LogP contribution in [0, 0.1) is 0 Å². The Morgan fingerprint density at radius 2 is 1.94 bits per heavy atom. The zero-order chi connectivity index (χ0) is 13.0. The van der Waals surface area contributed by atoms with Gasteiger partial charge in [-0.2, -0.15) is 0 Å². The molecule has 1 heterocycles. The van der Waals surface area contributed by atoms with E-state index in [1.54, 1.807) is 0 Å². The van der Waals surface area contributed by atoms with Crippen molar-refractivity contribution in [1.29, 1.82) is 0 Å². The van der Waals surface area contributed by atoms with Gasteiger partial charge in [-0.1, -0.05) is 44.6 Å². The molecule has 2 nitrogen and oxygen atoms in total. The van der Waals surface area contributed by atoms with Crippen molar-refractivity contribution in [2.75, 3.05) is 5.75 Å². The first-order valence-corrected chi connectivity index (χ1v) is 7.34. The zero-order valence-electron chi connectivity index (χ0n) is 11.3. The summed E-state index contributed by atoms with van der Waals surface area (Å²) in [6.07, 6.45) is 12.8. The zero-order valence-corrected chi connectivity index (χ0v) is 12.1. The van der Waals surface area contributed by atoms with Crippen molar-refractivity contribution in [3.8, 4) is 0 Å². The first kappa shape index (κ1) is 13.3. The lowest BCUT2D eigenvalue weighted by molar-refractivity contribution is 0.543. The lowest BCUT2D eigenvalue weighted by atomic mass is 9.96. The average molecular weight is 260 g/mol. The van der Waals surface area contributed by atoms with Gasteiger partial charge in [0.25, 0.3) is 0 Å². The highest BCUT2D eigenvalue weighted by atomic mass is 32.2. The molecule has 96 valence electrons. The SMILES string of the molecule is CC(C)(C)c1ncc(SCC2=CC=CCC2)cn1. The molecule has 0 aliphatic heterocycles. The van der Waals surface area contributed by atoms with Gasteiger partial charge in [0.15, 0.2) is 0 Å². The maximum Gasteiger partial charge on any atom is 0.133 e. The summed E-state index contributed by atoms with van der Waals surface area (Å²) >= 11 is 1.82. The van der Waals surface area contributed by atoms with E-state index >= 15 is 0 Å². The van der Waals surface area contributed by atoms with E-state index in [1.807, 2.05) is 24.2 Å². The van der Waals surface area contributed by atoms with Gasteiger partial charge in [-0.05, 0) is 12.8 Å². The van der Waals surface area contributed by atoms with Crippen LogP contribution in [0.3, 0.4) is 0 Å². The molecule has 3 heteroatoms. The molecule has 1 aliphatic carbocycles. The van der Waals surface area contributed by atoms with E-state index < -0.39 is 0 Å². The molecule has 0 saturated heterocycles. The van der Waals surface area contributed by atoms with Crippen molar-refractivity contribution in [3.05, 3.63) is 42.0 Å². The maximum atomic E-state index is 4.45. The van der Waals surface area contributed by atoms with Gasteiger partial charge in [-0.15, -0.1) is 11.8 Å². The van der Waals surface area contributed by atoms with Gasteiger partial charge in [0.2, 0.25) is 0 Å². The second-order valence-electron chi connectivity index (χ2n) is 5.57. The first-order valence-electron chi connectivity index (χ1n) is 6.35. The number of aromatic nitrogens is 2. The minimum atomic E-state index is 0.0277. The third-order valence-electron chi connectivity index (χ3n) is 2.82. The van der Waals surface area contributed by atoms with Crippen LogP contribution in [0.1, 0.15) is 39.4 Å². The molecular formula is C15H20N2S. The number of hydrogen-bond donors (Lipinski definition) is 0. The van der Waals surface area contributed by atoms with Crippen molar-refractivity contribution in [3.63, 3.8) is 0 Å². The maximum absolute atomic E-state index is 4.45. The minimum Gasteiger partial charge on any atom is -0.240 e. The second kappa shape index (κ2) is 5.70. The van der Waals surface area contributed by atoms with Gasteiger partial charge in [-0.3, -0.25) is 0 Å². The van der Waals surface area contributed by atoms with Crippen molar-refractivity contribution < 1.29 is 0 Å². The number of rotatable bonds is 3. The predicted molar refractivity (Wildman–Crippen MR) is 77.9 cm³/mol. The first-order chi connectivity index (χ1) is 8.55. The van der Waals surface area contributed by atoms with Gasteiger partial charge in [-0.25, -0.2) is 9.97 Å². The average Bonchev–Trinajstić information content (AvgIpc) is 2.37. The van der Waals surface area contributed by atoms with Crippen LogP contribution >= 0.6 is 11.8 Å². The lowest BCUT2D eigenvalue weighted by Crippen LogP contribution is -2.15. The normalized spacial score (nSPS) is 15.6. The highest BCUT2D eigenvalue weighted by Gasteiger charge is 2.16. The molecule has 0 spiro atoms. The van der Waals surface area contributed by atoms with Crippen LogP contribution in [0.4, 0.5) is 0 Å². The third-order valence-corrected chi connectivity index (χ3v) is 3.88. The molecule has 0 unspecified atom stereocenters. The van der Waals surface area contributed by atoms with Gasteiger partial charge >= 0.3 is 0 Å². The van der Waals surface area contributed by atoms with Crippen LogP contribution in [-0.4, -0.2) is 15.7 Å². The second-order valence-corrected chi connectivity index (χ2v) is 6.62. The van der Waals surface area contributed by atoms with Crippen molar-refractivity contribution in [1.82, 2.24) is 9.97 Å². The van der Waals surface area contributed by atoms with Gasteiger partial charge in [0.1, 0.15) is 5.82 Å². The molecule has 0 bridgehead atoms. The summed E-state index contributed by atoms with van der Waals surface area (Å²) in [5.41, 5.74) is 1.53. The van der Waals surface area contributed by atoms with Crippen LogP contribution < -0.4 is 0 Å². The smallest absolute Gasteiger partial charge is 0.133 e. The molecule has 1 aromatic rings. The quantitative estimate of drug-likeness (QED) is 0.764. The van der Waals surface area contributed by atoms with E-state index in [2.05, 4.69) is 49.0 Å². The van der Waals surface area contributed by atoms with E-state index in [1.165, 1.54) is 18.4 Å². The highest BCUT2D eigenvalue weighted by Crippen LogP contribution is 2.24. The summed E-state index contributed by atoms with van der Waals surface area (Å²) < 4.78 is 0. The van der Waals surface area contributed by atoms with Crippen LogP contribution in [0.25, 0.3) is 0 Å². The fourth-order valence-electron chi connectivity index (χ4n) is 1.73. The fourth-order valence-corrected chi connectivity index (χ4v) is 2.57. The Kier molecular flexibility index (Phi) is 4.23. The Morgan fingerprint density at radius 3 is 2.50 bits per heavy atom. The third kappa shape index (κ3) is 3.70. The lowest BCUT2D eigenvalue weighted by Gasteiger charge is -2.16. The molecule has 0 atom stereocenters. The van der Waals surface area contributed by atoms with E-state index in [9.17, 15) is 0 Å². The van der Waals surface area contributed by atoms with Crippen LogP contribution in [-0.2, 0) is 5.41 Å². The molecule has 1 aliphatic rings. The van der Waals surface area contributed by atoms with Crippen molar-refractivity contribution in [2.24, 2.45) is 0 Å². The molecule has 0 radical (unpaired) electrons. The Hall–Kier alpha value is -1.09. The minimum absolute atomic E-state index is 0.0277. The van der Waals surface area contributed by atoms with Crippen molar-refractivity contribution >= 4 is 11.8 Å². The van der Waals surface area contributed by atoms with Gasteiger partial charge < -0.3 is 0 Å². The Morgan fingerprint density at radius 1 is 1.22 bits per heavy atom.